The van der Waals surface area contributed by atoms with Crippen LogP contribution in [0.25, 0.3) is 0 Å². The van der Waals surface area contributed by atoms with Gasteiger partial charge in [-0.15, -0.1) is 0 Å². The van der Waals surface area contributed by atoms with E-state index in [4.69, 9.17) is 0 Å². The maximum absolute atomic E-state index is 9.45. The molecule has 2 nitrogen and oxygen atoms in total. The summed E-state index contributed by atoms with van der Waals surface area (Å²) >= 11 is 0. The Morgan fingerprint density at radius 1 is 1.33 bits per heavy atom. The van der Waals surface area contributed by atoms with E-state index in [1.165, 1.54) is 19.4 Å². The molecule has 0 unspecified atom stereocenters. The third kappa shape index (κ3) is 2.46. The maximum Gasteiger partial charge on any atom is 0.0552 e. The Balaban J connectivity index is 2.40. The van der Waals surface area contributed by atoms with Gasteiger partial charge in [0.25, 0.3) is 0 Å². The van der Waals surface area contributed by atoms with Crippen molar-refractivity contribution in [2.75, 3.05) is 13.1 Å². The van der Waals surface area contributed by atoms with Gasteiger partial charge in [-0.05, 0) is 46.1 Å². The second-order valence-corrected chi connectivity index (χ2v) is 4.23. The smallest absolute Gasteiger partial charge is 0.0552 e. The molecule has 0 saturated carbocycles. The van der Waals surface area contributed by atoms with Crippen LogP contribution in [0.1, 0.15) is 33.6 Å². The number of aliphatic hydroxyl groups excluding tert-OH is 1. The summed E-state index contributed by atoms with van der Waals surface area (Å²) in [6.07, 6.45) is 2.31. The van der Waals surface area contributed by atoms with E-state index in [1.807, 2.05) is 6.92 Å². The van der Waals surface area contributed by atoms with Crippen molar-refractivity contribution in [1.29, 1.82) is 0 Å². The Hall–Kier alpha value is -0.0800. The summed E-state index contributed by atoms with van der Waals surface area (Å²) in [7, 11) is 0. The minimum Gasteiger partial charge on any atom is -0.393 e. The van der Waals surface area contributed by atoms with Gasteiger partial charge >= 0.3 is 0 Å². The molecule has 1 saturated heterocycles. The zero-order valence-corrected chi connectivity index (χ0v) is 8.45. The van der Waals surface area contributed by atoms with Crippen LogP contribution in [0, 0.1) is 5.92 Å². The van der Waals surface area contributed by atoms with Gasteiger partial charge in [0.1, 0.15) is 0 Å². The number of nitrogens with zero attached hydrogens (tertiary/aromatic N) is 1. The maximum atomic E-state index is 9.45. The van der Waals surface area contributed by atoms with Gasteiger partial charge in [-0.3, -0.25) is 0 Å². The highest BCUT2D eigenvalue weighted by Gasteiger charge is 2.24. The summed E-state index contributed by atoms with van der Waals surface area (Å²) in [5.41, 5.74) is 0. The quantitative estimate of drug-likeness (QED) is 0.680. The number of likely N-dealkylation sites (tertiary alicyclic amines) is 1. The molecule has 0 bridgehead atoms. The molecular weight excluding hydrogens is 150 g/mol. The molecule has 1 aliphatic heterocycles. The van der Waals surface area contributed by atoms with Crippen molar-refractivity contribution in [2.45, 2.75) is 45.8 Å². The van der Waals surface area contributed by atoms with Crippen molar-refractivity contribution in [1.82, 2.24) is 4.90 Å². The van der Waals surface area contributed by atoms with Gasteiger partial charge in [0.2, 0.25) is 0 Å². The van der Waals surface area contributed by atoms with E-state index in [0.717, 1.165) is 6.54 Å². The number of hydrogen-bond donors (Lipinski definition) is 1. The average Bonchev–Trinajstić information content (AvgIpc) is 2.04. The second-order valence-electron chi connectivity index (χ2n) is 4.23. The molecule has 2 heteroatoms. The zero-order valence-electron chi connectivity index (χ0n) is 8.45. The molecule has 0 aromatic heterocycles. The molecule has 0 aromatic rings. The fourth-order valence-corrected chi connectivity index (χ4v) is 1.90. The third-order valence-electron chi connectivity index (χ3n) is 2.90. The Bertz CT molecular complexity index is 120. The van der Waals surface area contributed by atoms with Crippen LogP contribution in [0.2, 0.25) is 0 Å². The summed E-state index contributed by atoms with van der Waals surface area (Å²) in [6.45, 7) is 8.65. The number of aliphatic hydroxyl groups is 1. The number of hydrogen-bond acceptors (Lipinski definition) is 2. The monoisotopic (exact) mass is 171 g/mol. The van der Waals surface area contributed by atoms with Crippen LogP contribution < -0.4 is 0 Å². The summed E-state index contributed by atoms with van der Waals surface area (Å²) in [4.78, 5) is 2.46. The van der Waals surface area contributed by atoms with Crippen LogP contribution in [0.4, 0.5) is 0 Å². The van der Waals surface area contributed by atoms with E-state index in [9.17, 15) is 5.11 Å². The molecule has 12 heavy (non-hydrogen) atoms. The standard InChI is InChI=1S/C10H21NO/c1-8(2)11-6-4-5-10(7-11)9(3)12/h8-10,12H,4-7H2,1-3H3/t9-,10+/m1/s1. The molecule has 0 aliphatic carbocycles. The molecule has 2 atom stereocenters. The number of piperidine rings is 1. The average molecular weight is 171 g/mol. The normalized spacial score (nSPS) is 29.2. The van der Waals surface area contributed by atoms with Crippen molar-refractivity contribution in [2.24, 2.45) is 5.92 Å². The predicted octanol–water partition coefficient (Wildman–Crippen LogP) is 1.49. The van der Waals surface area contributed by atoms with Crippen molar-refractivity contribution >= 4 is 0 Å². The molecule has 1 fully saturated rings. The summed E-state index contributed by atoms with van der Waals surface area (Å²) in [5.74, 6) is 0.501. The molecule has 0 amide bonds. The van der Waals surface area contributed by atoms with Crippen molar-refractivity contribution < 1.29 is 5.11 Å². The lowest BCUT2D eigenvalue weighted by molar-refractivity contribution is 0.0507. The van der Waals surface area contributed by atoms with Gasteiger partial charge in [0.15, 0.2) is 0 Å². The van der Waals surface area contributed by atoms with Crippen LogP contribution in [-0.4, -0.2) is 35.2 Å². The second kappa shape index (κ2) is 4.24. The topological polar surface area (TPSA) is 23.5 Å². The molecule has 0 spiro atoms. The van der Waals surface area contributed by atoms with Gasteiger partial charge in [0.05, 0.1) is 6.10 Å². The zero-order chi connectivity index (χ0) is 9.14. The van der Waals surface area contributed by atoms with E-state index in [2.05, 4.69) is 18.7 Å². The lowest BCUT2D eigenvalue weighted by Gasteiger charge is -2.36. The highest BCUT2D eigenvalue weighted by Crippen LogP contribution is 2.20. The summed E-state index contributed by atoms with van der Waals surface area (Å²) in [5, 5.41) is 9.45. The predicted molar refractivity (Wildman–Crippen MR) is 51.1 cm³/mol. The molecule has 72 valence electrons. The van der Waals surface area contributed by atoms with Crippen molar-refractivity contribution in [3.63, 3.8) is 0 Å². The first-order valence-corrected chi connectivity index (χ1v) is 5.03. The van der Waals surface area contributed by atoms with Gasteiger partial charge in [0, 0.05) is 12.6 Å². The largest absolute Gasteiger partial charge is 0.393 e. The molecule has 0 aromatic carbocycles. The Morgan fingerprint density at radius 3 is 2.50 bits per heavy atom. The van der Waals surface area contributed by atoms with Gasteiger partial charge in [-0.2, -0.15) is 0 Å². The lowest BCUT2D eigenvalue weighted by atomic mass is 9.93. The Kier molecular flexibility index (Phi) is 3.53. The minimum atomic E-state index is -0.133. The summed E-state index contributed by atoms with van der Waals surface area (Å²) < 4.78 is 0. The van der Waals surface area contributed by atoms with Crippen LogP contribution in [0.15, 0.2) is 0 Å². The van der Waals surface area contributed by atoms with Gasteiger partial charge in [-0.1, -0.05) is 0 Å². The van der Waals surface area contributed by atoms with Crippen molar-refractivity contribution in [3.8, 4) is 0 Å². The minimum absolute atomic E-state index is 0.133. The first kappa shape index (κ1) is 10.0. The van der Waals surface area contributed by atoms with E-state index >= 15 is 0 Å². The fraction of sp³-hybridized carbons (Fsp3) is 1.00. The van der Waals surface area contributed by atoms with Crippen LogP contribution in [-0.2, 0) is 0 Å². The van der Waals surface area contributed by atoms with Crippen molar-refractivity contribution in [3.05, 3.63) is 0 Å². The summed E-state index contributed by atoms with van der Waals surface area (Å²) in [6, 6.07) is 0.631. The molecule has 1 N–H and O–H groups in total. The molecular formula is C10H21NO. The molecule has 1 rings (SSSR count). The Morgan fingerprint density at radius 2 is 2.00 bits per heavy atom. The first-order chi connectivity index (χ1) is 5.61. The van der Waals surface area contributed by atoms with Crippen LogP contribution >= 0.6 is 0 Å². The van der Waals surface area contributed by atoms with E-state index < -0.39 is 0 Å². The van der Waals surface area contributed by atoms with E-state index in [-0.39, 0.29) is 6.10 Å². The molecule has 1 aliphatic rings. The number of rotatable bonds is 2. The lowest BCUT2D eigenvalue weighted by Crippen LogP contribution is -2.42. The third-order valence-corrected chi connectivity index (χ3v) is 2.90. The highest BCUT2D eigenvalue weighted by atomic mass is 16.3. The fourth-order valence-electron chi connectivity index (χ4n) is 1.90. The SMILES string of the molecule is CC(C)N1CCC[C@H]([C@@H](C)O)C1. The van der Waals surface area contributed by atoms with Crippen LogP contribution in [0.3, 0.4) is 0 Å². The Labute approximate surface area is 75.6 Å². The molecule has 1 heterocycles. The van der Waals surface area contributed by atoms with Gasteiger partial charge in [-0.25, -0.2) is 0 Å². The highest BCUT2D eigenvalue weighted by molar-refractivity contribution is 4.77. The van der Waals surface area contributed by atoms with E-state index in [1.54, 1.807) is 0 Å². The van der Waals surface area contributed by atoms with Gasteiger partial charge < -0.3 is 10.0 Å². The molecule has 0 radical (unpaired) electrons. The first-order valence-electron chi connectivity index (χ1n) is 5.03. The van der Waals surface area contributed by atoms with E-state index in [0.29, 0.717) is 12.0 Å². The van der Waals surface area contributed by atoms with Crippen LogP contribution in [0.5, 0.6) is 0 Å².